The Balaban J connectivity index is 1.80. The number of anilines is 1. The van der Waals surface area contributed by atoms with Crippen LogP contribution in [-0.4, -0.2) is 4.98 Å². The van der Waals surface area contributed by atoms with Gasteiger partial charge in [0.1, 0.15) is 0 Å². The topological polar surface area (TPSA) is 38.9 Å². The summed E-state index contributed by atoms with van der Waals surface area (Å²) in [5, 5.41) is 0. The van der Waals surface area contributed by atoms with E-state index in [0.29, 0.717) is 0 Å². The summed E-state index contributed by atoms with van der Waals surface area (Å²) in [6, 6.07) is 10.7. The van der Waals surface area contributed by atoms with Crippen LogP contribution in [0.3, 0.4) is 0 Å². The van der Waals surface area contributed by atoms with Gasteiger partial charge in [0.25, 0.3) is 0 Å². The number of allylic oxidation sites excluding steroid dienone is 1. The largest absolute Gasteiger partial charge is 0.398 e. The van der Waals surface area contributed by atoms with Crippen molar-refractivity contribution in [2.75, 3.05) is 5.73 Å². The number of fused-ring (bicyclic) bond motifs is 2. The highest BCUT2D eigenvalue weighted by atomic mass is 14.8. The summed E-state index contributed by atoms with van der Waals surface area (Å²) >= 11 is 0. The van der Waals surface area contributed by atoms with Gasteiger partial charge in [-0.3, -0.25) is 4.98 Å². The SMILES string of the molecule is Nc1cc(C2=Cc3ccccc3CC2)nc2c1CCC2. The van der Waals surface area contributed by atoms with E-state index in [1.807, 2.05) is 0 Å². The fourth-order valence-corrected chi connectivity index (χ4v) is 3.37. The summed E-state index contributed by atoms with van der Waals surface area (Å²) in [6.45, 7) is 0. The van der Waals surface area contributed by atoms with Gasteiger partial charge in [0.15, 0.2) is 0 Å². The summed E-state index contributed by atoms with van der Waals surface area (Å²) in [4.78, 5) is 4.86. The van der Waals surface area contributed by atoms with Crippen LogP contribution < -0.4 is 5.73 Å². The van der Waals surface area contributed by atoms with Crippen LogP contribution in [-0.2, 0) is 19.3 Å². The third kappa shape index (κ3) is 1.83. The number of benzene rings is 1. The average Bonchev–Trinajstić information content (AvgIpc) is 2.96. The Morgan fingerprint density at radius 3 is 2.85 bits per heavy atom. The summed E-state index contributed by atoms with van der Waals surface area (Å²) in [5.74, 6) is 0. The number of pyridine rings is 1. The van der Waals surface area contributed by atoms with E-state index in [4.69, 9.17) is 10.7 Å². The first kappa shape index (κ1) is 11.7. The van der Waals surface area contributed by atoms with Gasteiger partial charge >= 0.3 is 0 Å². The Bertz CT molecular complexity index is 713. The first-order valence-electron chi connectivity index (χ1n) is 7.38. The van der Waals surface area contributed by atoms with Crippen LogP contribution in [0.15, 0.2) is 30.3 Å². The van der Waals surface area contributed by atoms with Crippen molar-refractivity contribution < 1.29 is 0 Å². The van der Waals surface area contributed by atoms with Crippen LogP contribution in [0.25, 0.3) is 11.6 Å². The third-order valence-electron chi connectivity index (χ3n) is 4.46. The molecule has 20 heavy (non-hydrogen) atoms. The molecule has 0 saturated heterocycles. The van der Waals surface area contributed by atoms with Gasteiger partial charge in [0.05, 0.1) is 5.69 Å². The van der Waals surface area contributed by atoms with Crippen LogP contribution in [0.1, 0.15) is 40.9 Å². The molecule has 1 heterocycles. The van der Waals surface area contributed by atoms with Gasteiger partial charge in [0, 0.05) is 11.4 Å². The first-order valence-corrected chi connectivity index (χ1v) is 7.38. The molecular weight excluding hydrogens is 244 g/mol. The Labute approximate surface area is 119 Å². The molecule has 2 nitrogen and oxygen atoms in total. The van der Waals surface area contributed by atoms with E-state index >= 15 is 0 Å². The number of hydrogen-bond acceptors (Lipinski definition) is 2. The van der Waals surface area contributed by atoms with Crippen molar-refractivity contribution in [2.45, 2.75) is 32.1 Å². The molecule has 0 fully saturated rings. The van der Waals surface area contributed by atoms with Crippen LogP contribution in [0.4, 0.5) is 5.69 Å². The maximum absolute atomic E-state index is 6.21. The summed E-state index contributed by atoms with van der Waals surface area (Å²) in [7, 11) is 0. The highest BCUT2D eigenvalue weighted by Crippen LogP contribution is 2.33. The molecule has 0 unspecified atom stereocenters. The zero-order valence-electron chi connectivity index (χ0n) is 11.5. The lowest BCUT2D eigenvalue weighted by Gasteiger charge is -2.17. The normalized spacial score (nSPS) is 16.5. The molecule has 0 amide bonds. The van der Waals surface area contributed by atoms with Gasteiger partial charge in [-0.25, -0.2) is 0 Å². The van der Waals surface area contributed by atoms with Crippen molar-refractivity contribution in [3.8, 4) is 0 Å². The fourth-order valence-electron chi connectivity index (χ4n) is 3.37. The van der Waals surface area contributed by atoms with E-state index in [1.54, 1.807) is 0 Å². The van der Waals surface area contributed by atoms with Crippen molar-refractivity contribution in [1.29, 1.82) is 0 Å². The quantitative estimate of drug-likeness (QED) is 0.852. The molecule has 1 aromatic heterocycles. The van der Waals surface area contributed by atoms with E-state index in [0.717, 1.165) is 37.1 Å². The Hall–Kier alpha value is -2.09. The lowest BCUT2D eigenvalue weighted by molar-refractivity contribution is 0.897. The zero-order valence-corrected chi connectivity index (χ0v) is 11.5. The number of hydrogen-bond donors (Lipinski definition) is 1. The predicted octanol–water partition coefficient (Wildman–Crippen LogP) is 3.64. The number of rotatable bonds is 1. The molecule has 100 valence electrons. The van der Waals surface area contributed by atoms with Crippen molar-refractivity contribution in [3.05, 3.63) is 58.4 Å². The molecule has 2 aliphatic carbocycles. The molecule has 0 aliphatic heterocycles. The molecule has 0 atom stereocenters. The Morgan fingerprint density at radius 1 is 1.00 bits per heavy atom. The molecule has 2 aromatic rings. The van der Waals surface area contributed by atoms with E-state index in [2.05, 4.69) is 36.4 Å². The molecule has 2 aliphatic rings. The summed E-state index contributed by atoms with van der Waals surface area (Å²) in [5.41, 5.74) is 14.8. The standard InChI is InChI=1S/C18H18N2/c19-16-11-18(20-17-7-3-6-15(16)17)14-9-8-12-4-1-2-5-13(12)10-14/h1-2,4-5,10-11H,3,6-9H2,(H2,19,20). The second-order valence-corrected chi connectivity index (χ2v) is 5.74. The number of aryl methyl sites for hydroxylation is 2. The molecule has 0 radical (unpaired) electrons. The smallest absolute Gasteiger partial charge is 0.0685 e. The molecular formula is C18H18N2. The van der Waals surface area contributed by atoms with E-state index in [-0.39, 0.29) is 0 Å². The van der Waals surface area contributed by atoms with E-state index in [9.17, 15) is 0 Å². The molecule has 0 bridgehead atoms. The molecule has 0 spiro atoms. The minimum absolute atomic E-state index is 0.933. The highest BCUT2D eigenvalue weighted by Gasteiger charge is 2.19. The molecule has 4 rings (SSSR count). The van der Waals surface area contributed by atoms with Crippen molar-refractivity contribution >= 4 is 17.3 Å². The number of nitrogen functional groups attached to an aromatic ring is 1. The van der Waals surface area contributed by atoms with Gasteiger partial charge in [-0.15, -0.1) is 0 Å². The van der Waals surface area contributed by atoms with Crippen molar-refractivity contribution in [3.63, 3.8) is 0 Å². The van der Waals surface area contributed by atoms with Crippen LogP contribution >= 0.6 is 0 Å². The van der Waals surface area contributed by atoms with Gasteiger partial charge in [-0.2, -0.15) is 0 Å². The lowest BCUT2D eigenvalue weighted by atomic mass is 9.90. The molecule has 0 saturated carbocycles. The van der Waals surface area contributed by atoms with E-state index < -0.39 is 0 Å². The maximum atomic E-state index is 6.21. The van der Waals surface area contributed by atoms with E-state index in [1.165, 1.54) is 34.4 Å². The Kier molecular flexibility index (Phi) is 2.62. The Morgan fingerprint density at radius 2 is 1.90 bits per heavy atom. The second kappa shape index (κ2) is 4.48. The number of nitrogens with zero attached hydrogens (tertiary/aromatic N) is 1. The zero-order chi connectivity index (χ0) is 13.5. The summed E-state index contributed by atoms with van der Waals surface area (Å²) in [6.07, 6.45) is 7.80. The monoisotopic (exact) mass is 262 g/mol. The molecule has 2 N–H and O–H groups in total. The number of aromatic nitrogens is 1. The molecule has 2 heteroatoms. The third-order valence-corrected chi connectivity index (χ3v) is 4.46. The minimum atomic E-state index is 0.933. The van der Waals surface area contributed by atoms with Crippen molar-refractivity contribution in [1.82, 2.24) is 4.98 Å². The second-order valence-electron chi connectivity index (χ2n) is 5.74. The van der Waals surface area contributed by atoms with Crippen LogP contribution in [0.5, 0.6) is 0 Å². The van der Waals surface area contributed by atoms with Gasteiger partial charge in [0.2, 0.25) is 0 Å². The minimum Gasteiger partial charge on any atom is -0.398 e. The van der Waals surface area contributed by atoms with Gasteiger partial charge in [-0.1, -0.05) is 24.3 Å². The van der Waals surface area contributed by atoms with Gasteiger partial charge in [-0.05, 0) is 66.5 Å². The summed E-state index contributed by atoms with van der Waals surface area (Å²) < 4.78 is 0. The average molecular weight is 262 g/mol. The highest BCUT2D eigenvalue weighted by molar-refractivity contribution is 5.84. The maximum Gasteiger partial charge on any atom is 0.0685 e. The van der Waals surface area contributed by atoms with Gasteiger partial charge < -0.3 is 5.73 Å². The van der Waals surface area contributed by atoms with Crippen LogP contribution in [0.2, 0.25) is 0 Å². The van der Waals surface area contributed by atoms with Crippen LogP contribution in [0, 0.1) is 0 Å². The lowest BCUT2D eigenvalue weighted by Crippen LogP contribution is -2.04. The molecule has 1 aromatic carbocycles. The number of nitrogens with two attached hydrogens (primary N) is 1. The fraction of sp³-hybridized carbons (Fsp3) is 0.278. The predicted molar refractivity (Wildman–Crippen MR) is 83.3 cm³/mol. The van der Waals surface area contributed by atoms with Crippen molar-refractivity contribution in [2.24, 2.45) is 0 Å². The first-order chi connectivity index (χ1) is 9.81.